The normalized spacial score (nSPS) is 12.3. The summed E-state index contributed by atoms with van der Waals surface area (Å²) in [6, 6.07) is 8.12. The molecule has 0 radical (unpaired) electrons. The lowest BCUT2D eigenvalue weighted by molar-refractivity contribution is -0.148. The first kappa shape index (κ1) is 24.2. The maximum atomic E-state index is 12.2. The van der Waals surface area contributed by atoms with E-state index in [0.717, 1.165) is 0 Å². The number of ether oxygens (including phenoxy) is 2. The van der Waals surface area contributed by atoms with E-state index in [-0.39, 0.29) is 44.4 Å². The van der Waals surface area contributed by atoms with Crippen molar-refractivity contribution in [3.8, 4) is 0 Å². The van der Waals surface area contributed by atoms with Crippen LogP contribution in [0.5, 0.6) is 0 Å². The summed E-state index contributed by atoms with van der Waals surface area (Å²) in [5.74, 6) is -2.91. The monoisotopic (exact) mass is 415 g/mol. The Labute approximate surface area is 165 Å². The van der Waals surface area contributed by atoms with E-state index >= 15 is 0 Å². The van der Waals surface area contributed by atoms with Gasteiger partial charge in [0.05, 0.1) is 31.3 Å². The molecule has 0 aliphatic carbocycles. The molecular weight excluding hydrogens is 387 g/mol. The lowest BCUT2D eigenvalue weighted by Gasteiger charge is -2.20. The first-order chi connectivity index (χ1) is 13.3. The summed E-state index contributed by atoms with van der Waals surface area (Å²) >= 11 is 0. The molecule has 0 saturated heterocycles. The van der Waals surface area contributed by atoms with Gasteiger partial charge in [-0.05, 0) is 39.3 Å². The molecule has 0 amide bonds. The molecular formula is C19H28O8P+. The molecule has 9 heteroatoms. The zero-order valence-corrected chi connectivity index (χ0v) is 17.4. The van der Waals surface area contributed by atoms with Crippen LogP contribution < -0.4 is 0 Å². The third-order valence-electron chi connectivity index (χ3n) is 3.65. The van der Waals surface area contributed by atoms with Crippen LogP contribution in [-0.2, 0) is 28.1 Å². The SMILES string of the molecule is CCOC(=O)C(CCC(=O)OC(=O)c1ccccc1)C[P+](O)(OCC)OCC. The molecule has 0 bridgehead atoms. The summed E-state index contributed by atoms with van der Waals surface area (Å²) < 4.78 is 20.5. The molecule has 156 valence electrons. The van der Waals surface area contributed by atoms with E-state index in [0.29, 0.717) is 0 Å². The van der Waals surface area contributed by atoms with Gasteiger partial charge in [-0.1, -0.05) is 18.2 Å². The van der Waals surface area contributed by atoms with Gasteiger partial charge in [-0.3, -0.25) is 9.59 Å². The summed E-state index contributed by atoms with van der Waals surface area (Å²) in [5, 5.41) is 0. The third kappa shape index (κ3) is 8.44. The van der Waals surface area contributed by atoms with E-state index in [1.807, 2.05) is 0 Å². The lowest BCUT2D eigenvalue weighted by Crippen LogP contribution is -2.26. The van der Waals surface area contributed by atoms with Gasteiger partial charge >= 0.3 is 25.9 Å². The van der Waals surface area contributed by atoms with Gasteiger partial charge in [-0.15, -0.1) is 0 Å². The van der Waals surface area contributed by atoms with Crippen molar-refractivity contribution in [3.63, 3.8) is 0 Å². The molecule has 1 atom stereocenters. The Morgan fingerprint density at radius 1 is 1.00 bits per heavy atom. The van der Waals surface area contributed by atoms with Crippen molar-refractivity contribution in [3.05, 3.63) is 35.9 Å². The minimum Gasteiger partial charge on any atom is -0.466 e. The topological polar surface area (TPSA) is 108 Å². The molecule has 1 unspecified atom stereocenters. The number of hydrogen-bond acceptors (Lipinski definition) is 8. The van der Waals surface area contributed by atoms with Crippen LogP contribution in [0.4, 0.5) is 0 Å². The molecule has 0 aromatic heterocycles. The Bertz CT molecular complexity index is 628. The number of hydrogen-bond donors (Lipinski definition) is 1. The van der Waals surface area contributed by atoms with Gasteiger partial charge in [-0.25, -0.2) is 4.79 Å². The Morgan fingerprint density at radius 3 is 2.14 bits per heavy atom. The summed E-state index contributed by atoms with van der Waals surface area (Å²) in [6.45, 7) is 5.66. The Hall–Kier alpha value is -1.86. The third-order valence-corrected chi connectivity index (χ3v) is 5.87. The van der Waals surface area contributed by atoms with Gasteiger partial charge < -0.3 is 9.47 Å². The Balaban J connectivity index is 2.71. The van der Waals surface area contributed by atoms with E-state index in [9.17, 15) is 19.3 Å². The minimum atomic E-state index is -3.26. The molecule has 0 spiro atoms. The van der Waals surface area contributed by atoms with E-state index in [1.165, 1.54) is 12.1 Å². The van der Waals surface area contributed by atoms with Gasteiger partial charge in [0, 0.05) is 6.42 Å². The highest BCUT2D eigenvalue weighted by Gasteiger charge is 2.45. The Morgan fingerprint density at radius 2 is 1.61 bits per heavy atom. The van der Waals surface area contributed by atoms with E-state index in [1.54, 1.807) is 39.0 Å². The quantitative estimate of drug-likeness (QED) is 0.315. The van der Waals surface area contributed by atoms with Crippen LogP contribution >= 0.6 is 7.94 Å². The van der Waals surface area contributed by atoms with Crippen molar-refractivity contribution in [2.75, 3.05) is 26.0 Å². The van der Waals surface area contributed by atoms with Gasteiger partial charge in [-0.2, -0.15) is 13.9 Å². The molecule has 0 heterocycles. The summed E-state index contributed by atoms with van der Waals surface area (Å²) in [6.07, 6.45) is -0.268. The molecule has 1 aromatic carbocycles. The molecule has 1 aromatic rings. The molecule has 8 nitrogen and oxygen atoms in total. The number of esters is 3. The second kappa shape index (κ2) is 12.6. The fourth-order valence-corrected chi connectivity index (χ4v) is 4.43. The van der Waals surface area contributed by atoms with Crippen LogP contribution in [0.15, 0.2) is 30.3 Å². The fourth-order valence-electron chi connectivity index (χ4n) is 2.45. The second-order valence-corrected chi connectivity index (χ2v) is 7.93. The second-order valence-electron chi connectivity index (χ2n) is 5.77. The van der Waals surface area contributed by atoms with Gasteiger partial charge in [0.25, 0.3) is 0 Å². The molecule has 0 aliphatic rings. The predicted octanol–water partition coefficient (Wildman–Crippen LogP) is 3.16. The molecule has 1 rings (SSSR count). The highest BCUT2D eigenvalue weighted by atomic mass is 31.2. The van der Waals surface area contributed by atoms with E-state index in [2.05, 4.69) is 0 Å². The van der Waals surface area contributed by atoms with E-state index in [4.69, 9.17) is 18.5 Å². The molecule has 1 N–H and O–H groups in total. The van der Waals surface area contributed by atoms with Crippen LogP contribution in [0.25, 0.3) is 0 Å². The first-order valence-electron chi connectivity index (χ1n) is 9.21. The zero-order chi connectivity index (χ0) is 21.0. The largest absolute Gasteiger partial charge is 0.466 e. The van der Waals surface area contributed by atoms with Crippen LogP contribution in [0.1, 0.15) is 44.0 Å². The average molecular weight is 415 g/mol. The van der Waals surface area contributed by atoms with Crippen molar-refractivity contribution in [2.45, 2.75) is 33.6 Å². The molecule has 28 heavy (non-hydrogen) atoms. The van der Waals surface area contributed by atoms with Crippen molar-refractivity contribution in [1.82, 2.24) is 0 Å². The average Bonchev–Trinajstić information content (AvgIpc) is 2.66. The van der Waals surface area contributed by atoms with Crippen molar-refractivity contribution < 1.29 is 37.8 Å². The van der Waals surface area contributed by atoms with Gasteiger partial charge in [0.15, 0.2) is 6.16 Å². The smallest absolute Gasteiger partial charge is 0.409 e. The number of carbonyl (C=O) groups excluding carboxylic acids is 3. The van der Waals surface area contributed by atoms with Crippen LogP contribution in [0.2, 0.25) is 0 Å². The van der Waals surface area contributed by atoms with Crippen LogP contribution in [-0.4, -0.2) is 48.8 Å². The molecule has 0 saturated carbocycles. The summed E-state index contributed by atoms with van der Waals surface area (Å²) in [7, 11) is -3.26. The van der Waals surface area contributed by atoms with Crippen LogP contribution in [0.3, 0.4) is 0 Å². The first-order valence-corrected chi connectivity index (χ1v) is 11.0. The van der Waals surface area contributed by atoms with E-state index < -0.39 is 31.8 Å². The standard InChI is InChI=1S/C19H28O8P/c1-4-24-18(21)16(14-28(23,25-5-2)26-6-3)12-13-17(20)27-19(22)15-10-8-7-9-11-15/h7-11,16,23H,4-6,12-14H2,1-3H3/q+1. The van der Waals surface area contributed by atoms with Gasteiger partial charge in [0.1, 0.15) is 0 Å². The van der Waals surface area contributed by atoms with Crippen molar-refractivity contribution >= 4 is 25.9 Å². The number of rotatable bonds is 12. The lowest BCUT2D eigenvalue weighted by atomic mass is 10.1. The number of benzene rings is 1. The predicted molar refractivity (Wildman–Crippen MR) is 103 cm³/mol. The molecule has 0 fully saturated rings. The minimum absolute atomic E-state index is 0.0300. The Kier molecular flexibility index (Phi) is 10.9. The number of carbonyl (C=O) groups is 3. The van der Waals surface area contributed by atoms with Gasteiger partial charge in [0.2, 0.25) is 0 Å². The van der Waals surface area contributed by atoms with Crippen molar-refractivity contribution in [1.29, 1.82) is 0 Å². The maximum Gasteiger partial charge on any atom is 0.409 e. The zero-order valence-electron chi connectivity index (χ0n) is 16.5. The highest BCUT2D eigenvalue weighted by Crippen LogP contribution is 2.58. The van der Waals surface area contributed by atoms with Crippen LogP contribution in [0, 0.1) is 5.92 Å². The molecule has 0 aliphatic heterocycles. The summed E-state index contributed by atoms with van der Waals surface area (Å²) in [5.41, 5.74) is 0.255. The summed E-state index contributed by atoms with van der Waals surface area (Å²) in [4.78, 5) is 46.7. The fraction of sp³-hybridized carbons (Fsp3) is 0.526. The highest BCUT2D eigenvalue weighted by molar-refractivity contribution is 7.60. The maximum absolute atomic E-state index is 12.2. The van der Waals surface area contributed by atoms with Crippen molar-refractivity contribution in [2.24, 2.45) is 5.92 Å².